The second-order valence-electron chi connectivity index (χ2n) is 6.06. The van der Waals surface area contributed by atoms with E-state index in [1.54, 1.807) is 31.2 Å². The summed E-state index contributed by atoms with van der Waals surface area (Å²) in [4.78, 5) is 25.5. The molecular weight excluding hydrogens is 318 g/mol. The molecule has 4 rings (SSSR count). The van der Waals surface area contributed by atoms with Crippen molar-refractivity contribution in [1.82, 2.24) is 4.57 Å². The molecule has 1 heterocycles. The van der Waals surface area contributed by atoms with Crippen molar-refractivity contribution in [3.05, 3.63) is 82.4 Å². The molecule has 1 atom stereocenters. The highest BCUT2D eigenvalue weighted by Crippen LogP contribution is 2.43. The monoisotopic (exact) mass is 333 g/mol. The van der Waals surface area contributed by atoms with Crippen molar-refractivity contribution in [1.29, 1.82) is 0 Å². The number of aromatic hydroxyl groups is 2. The molecule has 0 radical (unpaired) electrons. The second kappa shape index (κ2) is 5.34. The fourth-order valence-electron chi connectivity index (χ4n) is 3.39. The quantitative estimate of drug-likeness (QED) is 0.590. The van der Waals surface area contributed by atoms with Crippen LogP contribution >= 0.6 is 0 Å². The highest BCUT2D eigenvalue weighted by molar-refractivity contribution is 6.30. The second-order valence-corrected chi connectivity index (χ2v) is 6.06. The standard InChI is InChI=1S/C20H15NO4/c1-11(12-7-3-2-4-8-12)21-19(24)15-16(20(21)25)18(23)14-10-6-5-9-13(14)17(15)22/h2-11,24-25H,1H3. The fraction of sp³-hybridized carbons (Fsp3) is 0.100. The summed E-state index contributed by atoms with van der Waals surface area (Å²) in [5.41, 5.74) is 1.03. The first-order valence-corrected chi connectivity index (χ1v) is 7.91. The molecule has 2 N–H and O–H groups in total. The summed E-state index contributed by atoms with van der Waals surface area (Å²) in [5, 5.41) is 21.3. The molecule has 1 aliphatic rings. The van der Waals surface area contributed by atoms with Crippen molar-refractivity contribution < 1.29 is 19.8 Å². The average molecular weight is 333 g/mol. The van der Waals surface area contributed by atoms with E-state index in [2.05, 4.69) is 0 Å². The van der Waals surface area contributed by atoms with E-state index in [-0.39, 0.29) is 22.3 Å². The van der Waals surface area contributed by atoms with Gasteiger partial charge in [0.1, 0.15) is 0 Å². The Labute approximate surface area is 143 Å². The van der Waals surface area contributed by atoms with Crippen molar-refractivity contribution in [2.75, 3.05) is 0 Å². The van der Waals surface area contributed by atoms with E-state index in [4.69, 9.17) is 0 Å². The van der Waals surface area contributed by atoms with E-state index in [9.17, 15) is 19.8 Å². The zero-order chi connectivity index (χ0) is 17.7. The molecule has 0 fully saturated rings. The molecule has 2 aromatic carbocycles. The summed E-state index contributed by atoms with van der Waals surface area (Å²) in [7, 11) is 0. The molecule has 0 saturated heterocycles. The van der Waals surface area contributed by atoms with Gasteiger partial charge in [0.2, 0.25) is 11.8 Å². The van der Waals surface area contributed by atoms with Crippen molar-refractivity contribution >= 4 is 11.6 Å². The van der Waals surface area contributed by atoms with Gasteiger partial charge in [-0.25, -0.2) is 0 Å². The van der Waals surface area contributed by atoms with Gasteiger partial charge in [0.25, 0.3) is 0 Å². The maximum absolute atomic E-state index is 12.8. The highest BCUT2D eigenvalue weighted by Gasteiger charge is 2.39. The van der Waals surface area contributed by atoms with Gasteiger partial charge < -0.3 is 10.2 Å². The minimum Gasteiger partial charge on any atom is -0.494 e. The van der Waals surface area contributed by atoms with E-state index in [1.165, 1.54) is 4.57 Å². The molecule has 0 saturated carbocycles. The largest absolute Gasteiger partial charge is 0.494 e. The molecule has 1 aromatic heterocycles. The Morgan fingerprint density at radius 1 is 0.760 bits per heavy atom. The summed E-state index contributed by atoms with van der Waals surface area (Å²) in [6, 6.07) is 15.2. The topological polar surface area (TPSA) is 79.5 Å². The Morgan fingerprint density at radius 2 is 1.20 bits per heavy atom. The van der Waals surface area contributed by atoms with Gasteiger partial charge in [-0.3, -0.25) is 14.2 Å². The van der Waals surface area contributed by atoms with Crippen LogP contribution in [0.5, 0.6) is 11.8 Å². The predicted octanol–water partition coefficient (Wildman–Crippen LogP) is 3.28. The number of aromatic nitrogens is 1. The molecule has 0 amide bonds. The first-order valence-electron chi connectivity index (χ1n) is 7.91. The van der Waals surface area contributed by atoms with Gasteiger partial charge in [-0.05, 0) is 12.5 Å². The van der Waals surface area contributed by atoms with E-state index in [1.807, 2.05) is 30.3 Å². The van der Waals surface area contributed by atoms with Crippen molar-refractivity contribution in [2.24, 2.45) is 0 Å². The van der Waals surface area contributed by atoms with Crippen LogP contribution in [0.2, 0.25) is 0 Å². The Balaban J connectivity index is 1.95. The number of ketones is 2. The lowest BCUT2D eigenvalue weighted by Crippen LogP contribution is -2.19. The third-order valence-electron chi connectivity index (χ3n) is 4.69. The minimum absolute atomic E-state index is 0.135. The first-order chi connectivity index (χ1) is 12.0. The van der Waals surface area contributed by atoms with Crippen LogP contribution in [-0.2, 0) is 0 Å². The molecule has 124 valence electrons. The van der Waals surface area contributed by atoms with Gasteiger partial charge in [-0.1, -0.05) is 54.6 Å². The van der Waals surface area contributed by atoms with E-state index in [0.29, 0.717) is 0 Å². The lowest BCUT2D eigenvalue weighted by atomic mass is 9.86. The van der Waals surface area contributed by atoms with Crippen LogP contribution in [-0.4, -0.2) is 26.3 Å². The number of nitrogens with zero attached hydrogens (tertiary/aromatic N) is 1. The lowest BCUT2D eigenvalue weighted by Gasteiger charge is -2.16. The number of carbonyl (C=O) groups is 2. The SMILES string of the molecule is CC(c1ccccc1)n1c(O)c2c(c1O)C(=O)c1ccccc1C2=O. The molecule has 0 bridgehead atoms. The predicted molar refractivity (Wildman–Crippen MR) is 91.3 cm³/mol. The molecule has 5 nitrogen and oxygen atoms in total. The first kappa shape index (κ1) is 15.2. The Hall–Kier alpha value is -3.34. The van der Waals surface area contributed by atoms with Gasteiger partial charge in [0.15, 0.2) is 11.6 Å². The summed E-state index contributed by atoms with van der Waals surface area (Å²) in [6.45, 7) is 1.78. The van der Waals surface area contributed by atoms with Gasteiger partial charge in [0.05, 0.1) is 17.2 Å². The van der Waals surface area contributed by atoms with Crippen LogP contribution in [0.25, 0.3) is 0 Å². The van der Waals surface area contributed by atoms with Crippen molar-refractivity contribution in [3.8, 4) is 11.8 Å². The molecule has 3 aromatic rings. The van der Waals surface area contributed by atoms with Crippen molar-refractivity contribution in [2.45, 2.75) is 13.0 Å². The van der Waals surface area contributed by atoms with Gasteiger partial charge in [-0.15, -0.1) is 0 Å². The van der Waals surface area contributed by atoms with Crippen LogP contribution in [0, 0.1) is 0 Å². The molecule has 1 unspecified atom stereocenters. The molecule has 5 heteroatoms. The number of hydrogen-bond donors (Lipinski definition) is 2. The number of rotatable bonds is 2. The fourth-order valence-corrected chi connectivity index (χ4v) is 3.39. The zero-order valence-corrected chi connectivity index (χ0v) is 13.4. The van der Waals surface area contributed by atoms with Gasteiger partial charge in [0, 0.05) is 11.1 Å². The number of fused-ring (bicyclic) bond motifs is 2. The maximum atomic E-state index is 12.8. The molecular formula is C20H15NO4. The molecule has 0 spiro atoms. The zero-order valence-electron chi connectivity index (χ0n) is 13.4. The molecule has 1 aliphatic carbocycles. The number of hydrogen-bond acceptors (Lipinski definition) is 4. The van der Waals surface area contributed by atoms with Gasteiger partial charge >= 0.3 is 0 Å². The van der Waals surface area contributed by atoms with Crippen LogP contribution in [0.3, 0.4) is 0 Å². The van der Waals surface area contributed by atoms with Crippen LogP contribution < -0.4 is 0 Å². The summed E-state index contributed by atoms with van der Waals surface area (Å²) >= 11 is 0. The average Bonchev–Trinajstić information content (AvgIpc) is 2.91. The summed E-state index contributed by atoms with van der Waals surface area (Å²) < 4.78 is 1.22. The van der Waals surface area contributed by atoms with E-state index < -0.39 is 29.4 Å². The van der Waals surface area contributed by atoms with Gasteiger partial charge in [-0.2, -0.15) is 0 Å². The number of benzene rings is 2. The maximum Gasteiger partial charge on any atom is 0.206 e. The van der Waals surface area contributed by atoms with Crippen molar-refractivity contribution in [3.63, 3.8) is 0 Å². The van der Waals surface area contributed by atoms with Crippen LogP contribution in [0.1, 0.15) is 50.4 Å². The summed E-state index contributed by atoms with van der Waals surface area (Å²) in [5.74, 6) is -1.71. The van der Waals surface area contributed by atoms with Crippen LogP contribution in [0.15, 0.2) is 54.6 Å². The molecule has 0 aliphatic heterocycles. The lowest BCUT2D eigenvalue weighted by molar-refractivity contribution is 0.0976. The van der Waals surface area contributed by atoms with E-state index >= 15 is 0 Å². The smallest absolute Gasteiger partial charge is 0.206 e. The van der Waals surface area contributed by atoms with E-state index in [0.717, 1.165) is 5.56 Å². The van der Waals surface area contributed by atoms with Crippen LogP contribution in [0.4, 0.5) is 0 Å². The summed E-state index contributed by atoms with van der Waals surface area (Å²) in [6.07, 6.45) is 0. The minimum atomic E-state index is -0.461. The highest BCUT2D eigenvalue weighted by atomic mass is 16.3. The normalized spacial score (nSPS) is 14.1. The molecule has 25 heavy (non-hydrogen) atoms. The third kappa shape index (κ3) is 2.02. The Morgan fingerprint density at radius 3 is 1.68 bits per heavy atom. The Bertz CT molecular complexity index is 959. The third-order valence-corrected chi connectivity index (χ3v) is 4.69. The number of carbonyl (C=O) groups excluding carboxylic acids is 2. The Kier molecular flexibility index (Phi) is 3.25.